The van der Waals surface area contributed by atoms with Crippen LogP contribution >= 0.6 is 33.9 Å². The molecule has 1 aromatic carbocycles. The lowest BCUT2D eigenvalue weighted by Gasteiger charge is -2.19. The molecule has 7 heteroatoms. The molecule has 2 aromatic rings. The highest BCUT2D eigenvalue weighted by molar-refractivity contribution is 14.1. The van der Waals surface area contributed by atoms with Crippen molar-refractivity contribution >= 4 is 40.0 Å². The number of halogens is 1. The molecule has 26 heavy (non-hydrogen) atoms. The Morgan fingerprint density at radius 2 is 2.00 bits per heavy atom. The zero-order valence-electron chi connectivity index (χ0n) is 15.5. The molecule has 1 unspecified atom stereocenters. The van der Waals surface area contributed by atoms with Gasteiger partial charge in [0, 0.05) is 21.1 Å². The number of hydrogen-bond acceptors (Lipinski definition) is 5. The van der Waals surface area contributed by atoms with Crippen LogP contribution in [0.4, 0.5) is 4.79 Å². The molecule has 0 spiro atoms. The molecule has 1 heterocycles. The number of alkyl halides is 1. The lowest BCUT2D eigenvalue weighted by atomic mass is 10.2. The second kappa shape index (κ2) is 9.55. The van der Waals surface area contributed by atoms with Crippen LogP contribution in [0.2, 0.25) is 0 Å². The first-order chi connectivity index (χ1) is 12.3. The van der Waals surface area contributed by atoms with Crippen molar-refractivity contribution in [1.82, 2.24) is 10.3 Å². The van der Waals surface area contributed by atoms with Crippen molar-refractivity contribution in [2.45, 2.75) is 52.4 Å². The molecule has 0 aliphatic carbocycles. The number of ether oxygens (including phenoxy) is 2. The summed E-state index contributed by atoms with van der Waals surface area (Å²) in [5.41, 5.74) is 0.536. The molecule has 0 saturated carbocycles. The summed E-state index contributed by atoms with van der Waals surface area (Å²) in [6, 6.07) is 7.96. The van der Waals surface area contributed by atoms with Gasteiger partial charge in [-0.1, -0.05) is 22.6 Å². The van der Waals surface area contributed by atoms with Crippen LogP contribution in [-0.2, 0) is 11.3 Å². The first-order valence-corrected chi connectivity index (χ1v) is 10.9. The minimum Gasteiger partial charge on any atom is -0.491 e. The van der Waals surface area contributed by atoms with Gasteiger partial charge in [-0.05, 0) is 58.4 Å². The standard InChI is InChI=1S/C19H25IN2O3S/c1-13(9-10-20)24-15-7-5-14(6-8-15)17-21-11-16(26-17)12-22-18(23)25-19(2,3)4/h5-8,11,13H,9-10,12H2,1-4H3,(H,22,23). The SMILES string of the molecule is CC(CCI)Oc1ccc(-c2ncc(CNC(=O)OC(C)(C)C)s2)cc1. The summed E-state index contributed by atoms with van der Waals surface area (Å²) in [4.78, 5) is 17.1. The van der Waals surface area contributed by atoms with Crippen LogP contribution in [0.25, 0.3) is 10.6 Å². The fraction of sp³-hybridized carbons (Fsp3) is 0.474. The highest BCUT2D eigenvalue weighted by atomic mass is 127. The van der Waals surface area contributed by atoms with Crippen LogP contribution in [-0.4, -0.2) is 27.2 Å². The maximum Gasteiger partial charge on any atom is 0.407 e. The van der Waals surface area contributed by atoms with Gasteiger partial charge in [0.05, 0.1) is 12.6 Å². The monoisotopic (exact) mass is 488 g/mol. The van der Waals surface area contributed by atoms with Gasteiger partial charge in [-0.15, -0.1) is 11.3 Å². The van der Waals surface area contributed by atoms with Crippen LogP contribution in [0.5, 0.6) is 5.75 Å². The molecular formula is C19H25IN2O3S. The van der Waals surface area contributed by atoms with Gasteiger partial charge in [0.25, 0.3) is 0 Å². The number of hydrogen-bond donors (Lipinski definition) is 1. The molecule has 0 aliphatic heterocycles. The average molecular weight is 488 g/mol. The fourth-order valence-corrected chi connectivity index (χ4v) is 3.85. The predicted octanol–water partition coefficient (Wildman–Crippen LogP) is 5.43. The number of nitrogens with zero attached hydrogens (tertiary/aromatic N) is 1. The number of alkyl carbamates (subject to hydrolysis) is 1. The van der Waals surface area contributed by atoms with Gasteiger partial charge in [-0.3, -0.25) is 0 Å². The van der Waals surface area contributed by atoms with Crippen molar-refractivity contribution in [3.05, 3.63) is 35.3 Å². The molecule has 142 valence electrons. The smallest absolute Gasteiger partial charge is 0.407 e. The lowest BCUT2D eigenvalue weighted by molar-refractivity contribution is 0.0524. The largest absolute Gasteiger partial charge is 0.491 e. The van der Waals surface area contributed by atoms with Crippen molar-refractivity contribution in [3.8, 4) is 16.3 Å². The second-order valence-corrected chi connectivity index (χ2v) is 9.11. The summed E-state index contributed by atoms with van der Waals surface area (Å²) in [6.07, 6.45) is 2.60. The molecule has 1 atom stereocenters. The van der Waals surface area contributed by atoms with E-state index in [9.17, 15) is 4.79 Å². The molecule has 0 aliphatic rings. The van der Waals surface area contributed by atoms with Crippen LogP contribution in [0.15, 0.2) is 30.5 Å². The summed E-state index contributed by atoms with van der Waals surface area (Å²) in [6.45, 7) is 8.01. The fourth-order valence-electron chi connectivity index (χ4n) is 2.12. The van der Waals surface area contributed by atoms with E-state index in [1.54, 1.807) is 17.5 Å². The number of carbonyl (C=O) groups excluding carboxylic acids is 1. The third kappa shape index (κ3) is 7.11. The Labute approximate surface area is 172 Å². The van der Waals surface area contributed by atoms with Crippen LogP contribution in [0, 0.1) is 0 Å². The topological polar surface area (TPSA) is 60.5 Å². The number of amides is 1. The second-order valence-electron chi connectivity index (χ2n) is 6.92. The van der Waals surface area contributed by atoms with E-state index in [2.05, 4.69) is 39.8 Å². The minimum absolute atomic E-state index is 0.211. The highest BCUT2D eigenvalue weighted by Gasteiger charge is 2.16. The molecular weight excluding hydrogens is 463 g/mol. The Bertz CT molecular complexity index is 710. The maximum absolute atomic E-state index is 11.7. The van der Waals surface area contributed by atoms with E-state index in [1.165, 1.54) is 0 Å². The summed E-state index contributed by atoms with van der Waals surface area (Å²) in [5.74, 6) is 0.870. The molecule has 0 radical (unpaired) electrons. The lowest BCUT2D eigenvalue weighted by Crippen LogP contribution is -2.31. The third-order valence-electron chi connectivity index (χ3n) is 3.31. The van der Waals surface area contributed by atoms with Crippen LogP contribution in [0.3, 0.4) is 0 Å². The van der Waals surface area contributed by atoms with E-state index >= 15 is 0 Å². The third-order valence-corrected chi connectivity index (χ3v) is 4.98. The molecule has 0 bridgehead atoms. The van der Waals surface area contributed by atoms with E-state index in [0.717, 1.165) is 32.0 Å². The number of rotatable bonds is 7. The normalized spacial score (nSPS) is 12.5. The maximum atomic E-state index is 11.7. The Morgan fingerprint density at radius 1 is 1.31 bits per heavy atom. The van der Waals surface area contributed by atoms with Gasteiger partial charge >= 0.3 is 6.09 Å². The van der Waals surface area contributed by atoms with Crippen molar-refractivity contribution in [2.24, 2.45) is 0 Å². The van der Waals surface area contributed by atoms with Crippen LogP contribution in [0.1, 0.15) is 39.0 Å². The van der Waals surface area contributed by atoms with E-state index < -0.39 is 11.7 Å². The highest BCUT2D eigenvalue weighted by Crippen LogP contribution is 2.27. The first kappa shape index (κ1) is 21.0. The molecule has 0 fully saturated rings. The van der Waals surface area contributed by atoms with Crippen molar-refractivity contribution in [2.75, 3.05) is 4.43 Å². The van der Waals surface area contributed by atoms with Gasteiger partial charge in [0.1, 0.15) is 16.4 Å². The van der Waals surface area contributed by atoms with Gasteiger partial charge < -0.3 is 14.8 Å². The zero-order valence-corrected chi connectivity index (χ0v) is 18.5. The number of benzene rings is 1. The summed E-state index contributed by atoms with van der Waals surface area (Å²) < 4.78 is 12.2. The van der Waals surface area contributed by atoms with Gasteiger partial charge in [0.2, 0.25) is 0 Å². The van der Waals surface area contributed by atoms with E-state index in [4.69, 9.17) is 9.47 Å². The Morgan fingerprint density at radius 3 is 2.62 bits per heavy atom. The quantitative estimate of drug-likeness (QED) is 0.417. The molecule has 1 amide bonds. The summed E-state index contributed by atoms with van der Waals surface area (Å²) in [5, 5.41) is 3.67. The van der Waals surface area contributed by atoms with E-state index in [0.29, 0.717) is 6.54 Å². The Kier molecular flexibility index (Phi) is 7.69. The molecule has 0 saturated heterocycles. The van der Waals surface area contributed by atoms with Crippen LogP contribution < -0.4 is 10.1 Å². The number of thiazole rings is 1. The van der Waals surface area contributed by atoms with E-state index in [-0.39, 0.29) is 6.10 Å². The number of carbonyl (C=O) groups is 1. The summed E-state index contributed by atoms with van der Waals surface area (Å²) in [7, 11) is 0. The first-order valence-electron chi connectivity index (χ1n) is 8.51. The molecule has 1 N–H and O–H groups in total. The zero-order chi connectivity index (χ0) is 19.2. The minimum atomic E-state index is -0.499. The van der Waals surface area contributed by atoms with Gasteiger partial charge in [-0.25, -0.2) is 9.78 Å². The number of aromatic nitrogens is 1. The van der Waals surface area contributed by atoms with Crippen molar-refractivity contribution < 1.29 is 14.3 Å². The summed E-state index contributed by atoms with van der Waals surface area (Å²) >= 11 is 3.91. The average Bonchev–Trinajstić information content (AvgIpc) is 3.01. The van der Waals surface area contributed by atoms with Gasteiger partial charge in [-0.2, -0.15) is 0 Å². The van der Waals surface area contributed by atoms with E-state index in [1.807, 2.05) is 45.0 Å². The molecule has 5 nitrogen and oxygen atoms in total. The van der Waals surface area contributed by atoms with Crippen molar-refractivity contribution in [3.63, 3.8) is 0 Å². The Balaban J connectivity index is 1.91. The number of nitrogens with one attached hydrogen (secondary N) is 1. The predicted molar refractivity (Wildman–Crippen MR) is 114 cm³/mol. The molecule has 2 rings (SSSR count). The molecule has 1 aromatic heterocycles. The Hall–Kier alpha value is -1.35. The van der Waals surface area contributed by atoms with Gasteiger partial charge in [0.15, 0.2) is 0 Å². The van der Waals surface area contributed by atoms with Crippen molar-refractivity contribution in [1.29, 1.82) is 0 Å².